The first-order valence-electron chi connectivity index (χ1n) is 4.26. The normalized spacial score (nSPS) is 11.2. The quantitative estimate of drug-likeness (QED) is 0.592. The van der Waals surface area contributed by atoms with Crippen molar-refractivity contribution in [2.24, 2.45) is 0 Å². The fourth-order valence-corrected chi connectivity index (χ4v) is 2.70. The lowest BCUT2D eigenvalue weighted by molar-refractivity contribution is 1.52. The zero-order valence-corrected chi connectivity index (χ0v) is 9.60. The highest BCUT2D eigenvalue weighted by Crippen LogP contribution is 2.28. The maximum absolute atomic E-state index is 4.38. The molecule has 1 aromatic heterocycles. The molecule has 3 rings (SSSR count). The van der Waals surface area contributed by atoms with Crippen molar-refractivity contribution in [1.29, 1.82) is 0 Å². The number of rotatable bonds is 0. The van der Waals surface area contributed by atoms with Gasteiger partial charge in [0, 0.05) is 9.86 Å². The smallest absolute Gasteiger partial charge is 0.0890 e. The number of hydrogen-bond acceptors (Lipinski definition) is 2. The van der Waals surface area contributed by atoms with Gasteiger partial charge in [0.2, 0.25) is 0 Å². The number of benzene rings is 2. The standard InChI is InChI=1S/C11H6BrNS/c12-8-2-3-9-7(5-8)1-4-10-11(9)13-6-14-10/h1-6H. The van der Waals surface area contributed by atoms with Crippen molar-refractivity contribution in [3.63, 3.8) is 0 Å². The maximum Gasteiger partial charge on any atom is 0.0890 e. The molecule has 0 bridgehead atoms. The van der Waals surface area contributed by atoms with Crippen LogP contribution in [0.25, 0.3) is 21.0 Å². The summed E-state index contributed by atoms with van der Waals surface area (Å²) in [5.74, 6) is 0. The summed E-state index contributed by atoms with van der Waals surface area (Å²) in [5.41, 5.74) is 3.01. The Morgan fingerprint density at radius 3 is 3.00 bits per heavy atom. The monoisotopic (exact) mass is 263 g/mol. The topological polar surface area (TPSA) is 12.9 Å². The Bertz CT molecular complexity index is 615. The first kappa shape index (κ1) is 8.38. The summed E-state index contributed by atoms with van der Waals surface area (Å²) >= 11 is 5.15. The van der Waals surface area contributed by atoms with Gasteiger partial charge in [0.1, 0.15) is 0 Å². The van der Waals surface area contributed by atoms with E-state index in [4.69, 9.17) is 0 Å². The predicted octanol–water partition coefficient (Wildman–Crippen LogP) is 4.21. The van der Waals surface area contributed by atoms with E-state index in [1.54, 1.807) is 11.3 Å². The first-order valence-corrected chi connectivity index (χ1v) is 5.93. The average molecular weight is 264 g/mol. The van der Waals surface area contributed by atoms with Crippen molar-refractivity contribution in [1.82, 2.24) is 4.98 Å². The molecule has 0 N–H and O–H groups in total. The Hall–Kier alpha value is -0.930. The molecule has 0 spiro atoms. The lowest BCUT2D eigenvalue weighted by Crippen LogP contribution is -1.75. The second kappa shape index (κ2) is 3.04. The van der Waals surface area contributed by atoms with Crippen molar-refractivity contribution in [2.45, 2.75) is 0 Å². The SMILES string of the molecule is Brc1ccc2c(ccc3scnc32)c1. The molecular formula is C11H6BrNS. The van der Waals surface area contributed by atoms with Gasteiger partial charge in [0.05, 0.1) is 15.7 Å². The van der Waals surface area contributed by atoms with Crippen LogP contribution in [0, 0.1) is 0 Å². The molecule has 1 nitrogen and oxygen atoms in total. The Labute approximate surface area is 93.5 Å². The molecule has 0 saturated carbocycles. The van der Waals surface area contributed by atoms with Crippen LogP contribution >= 0.6 is 27.3 Å². The van der Waals surface area contributed by atoms with Crippen molar-refractivity contribution < 1.29 is 0 Å². The van der Waals surface area contributed by atoms with E-state index >= 15 is 0 Å². The highest BCUT2D eigenvalue weighted by Gasteiger charge is 2.02. The van der Waals surface area contributed by atoms with Gasteiger partial charge in [-0.1, -0.05) is 28.1 Å². The summed E-state index contributed by atoms with van der Waals surface area (Å²) in [7, 11) is 0. The fourth-order valence-electron chi connectivity index (χ4n) is 1.63. The predicted molar refractivity (Wildman–Crippen MR) is 64.8 cm³/mol. The minimum atomic E-state index is 1.11. The minimum absolute atomic E-state index is 1.11. The summed E-state index contributed by atoms with van der Waals surface area (Å²) in [6, 6.07) is 10.6. The molecule has 0 aliphatic heterocycles. The largest absolute Gasteiger partial charge is 0.244 e. The van der Waals surface area contributed by atoms with E-state index in [9.17, 15) is 0 Å². The molecule has 3 aromatic rings. The number of thiazole rings is 1. The van der Waals surface area contributed by atoms with Crippen molar-refractivity contribution in [3.05, 3.63) is 40.3 Å². The summed E-state index contributed by atoms with van der Waals surface area (Å²) in [6.07, 6.45) is 0. The minimum Gasteiger partial charge on any atom is -0.244 e. The zero-order valence-electron chi connectivity index (χ0n) is 7.20. The lowest BCUT2D eigenvalue weighted by Gasteiger charge is -1.98. The molecule has 0 aliphatic carbocycles. The van der Waals surface area contributed by atoms with Crippen LogP contribution in [0.2, 0.25) is 0 Å². The molecule has 0 atom stereocenters. The third-order valence-corrected chi connectivity index (χ3v) is 3.57. The number of fused-ring (bicyclic) bond motifs is 3. The first-order chi connectivity index (χ1) is 6.84. The van der Waals surface area contributed by atoms with Gasteiger partial charge in [0.25, 0.3) is 0 Å². The van der Waals surface area contributed by atoms with E-state index in [0.717, 1.165) is 9.99 Å². The Morgan fingerprint density at radius 1 is 1.14 bits per heavy atom. The molecule has 14 heavy (non-hydrogen) atoms. The van der Waals surface area contributed by atoms with E-state index in [-0.39, 0.29) is 0 Å². The second-order valence-electron chi connectivity index (χ2n) is 3.13. The highest BCUT2D eigenvalue weighted by atomic mass is 79.9. The maximum atomic E-state index is 4.38. The van der Waals surface area contributed by atoms with Crippen LogP contribution in [-0.2, 0) is 0 Å². The van der Waals surface area contributed by atoms with Crippen LogP contribution < -0.4 is 0 Å². The number of nitrogens with zero attached hydrogens (tertiary/aromatic N) is 1. The van der Waals surface area contributed by atoms with Gasteiger partial charge in [-0.25, -0.2) is 4.98 Å². The van der Waals surface area contributed by atoms with Gasteiger partial charge < -0.3 is 0 Å². The van der Waals surface area contributed by atoms with Crippen molar-refractivity contribution in [3.8, 4) is 0 Å². The summed E-state index contributed by atoms with van der Waals surface area (Å²) in [6.45, 7) is 0. The van der Waals surface area contributed by atoms with Gasteiger partial charge in [-0.2, -0.15) is 0 Å². The number of aromatic nitrogens is 1. The number of halogens is 1. The van der Waals surface area contributed by atoms with Crippen molar-refractivity contribution >= 4 is 48.3 Å². The molecule has 0 amide bonds. The molecule has 3 heteroatoms. The van der Waals surface area contributed by atoms with E-state index in [1.165, 1.54) is 15.5 Å². The van der Waals surface area contributed by atoms with E-state index in [1.807, 2.05) is 5.51 Å². The highest BCUT2D eigenvalue weighted by molar-refractivity contribution is 9.10. The van der Waals surface area contributed by atoms with Crippen LogP contribution in [-0.4, -0.2) is 4.98 Å². The van der Waals surface area contributed by atoms with Crippen LogP contribution in [0.1, 0.15) is 0 Å². The summed E-state index contributed by atoms with van der Waals surface area (Å²) in [4.78, 5) is 4.38. The molecule has 0 aliphatic rings. The van der Waals surface area contributed by atoms with Gasteiger partial charge in [-0.15, -0.1) is 11.3 Å². The van der Waals surface area contributed by atoms with Crippen LogP contribution in [0.15, 0.2) is 40.3 Å². The molecule has 68 valence electrons. The van der Waals surface area contributed by atoms with Gasteiger partial charge in [-0.05, 0) is 23.6 Å². The Kier molecular flexibility index (Phi) is 1.82. The summed E-state index contributed by atoms with van der Waals surface area (Å²) in [5, 5.41) is 2.46. The third-order valence-electron chi connectivity index (χ3n) is 2.28. The fraction of sp³-hybridized carbons (Fsp3) is 0. The van der Waals surface area contributed by atoms with Gasteiger partial charge in [-0.3, -0.25) is 0 Å². The Balaban J connectivity index is 2.57. The lowest BCUT2D eigenvalue weighted by atomic mass is 10.1. The van der Waals surface area contributed by atoms with Gasteiger partial charge >= 0.3 is 0 Å². The molecule has 0 saturated heterocycles. The average Bonchev–Trinajstić information content (AvgIpc) is 2.65. The van der Waals surface area contributed by atoms with E-state index in [2.05, 4.69) is 51.2 Å². The molecule has 0 unspecified atom stereocenters. The summed E-state index contributed by atoms with van der Waals surface area (Å²) < 4.78 is 2.36. The van der Waals surface area contributed by atoms with Crippen molar-refractivity contribution in [2.75, 3.05) is 0 Å². The third kappa shape index (κ3) is 1.16. The number of hydrogen-bond donors (Lipinski definition) is 0. The zero-order chi connectivity index (χ0) is 9.54. The van der Waals surface area contributed by atoms with Crippen LogP contribution in [0.3, 0.4) is 0 Å². The molecule has 0 fully saturated rings. The Morgan fingerprint density at radius 2 is 2.07 bits per heavy atom. The van der Waals surface area contributed by atoms with E-state index < -0.39 is 0 Å². The second-order valence-corrected chi connectivity index (χ2v) is 4.93. The molecule has 1 heterocycles. The van der Waals surface area contributed by atoms with Crippen LogP contribution in [0.4, 0.5) is 0 Å². The molecule has 2 aromatic carbocycles. The van der Waals surface area contributed by atoms with Gasteiger partial charge in [0.15, 0.2) is 0 Å². The van der Waals surface area contributed by atoms with Crippen LogP contribution in [0.5, 0.6) is 0 Å². The van der Waals surface area contributed by atoms with E-state index in [0.29, 0.717) is 0 Å². The molecular weight excluding hydrogens is 258 g/mol. The molecule has 0 radical (unpaired) electrons.